The van der Waals surface area contributed by atoms with Crippen LogP contribution in [0.4, 0.5) is 0 Å². The number of rotatable bonds is 5. The zero-order valence-corrected chi connectivity index (χ0v) is 12.7. The van der Waals surface area contributed by atoms with Crippen LogP contribution in [-0.2, 0) is 17.8 Å². The van der Waals surface area contributed by atoms with Gasteiger partial charge in [-0.3, -0.25) is 9.69 Å². The third-order valence-electron chi connectivity index (χ3n) is 4.83. The highest BCUT2D eigenvalue weighted by atomic mass is 16.5. The molecule has 2 heterocycles. The Morgan fingerprint density at radius 2 is 2.38 bits per heavy atom. The molecule has 1 saturated carbocycles. The summed E-state index contributed by atoms with van der Waals surface area (Å²) in [6.45, 7) is 6.24. The number of fused-ring (bicyclic) bond motifs is 1. The Hall–Kier alpha value is -1.43. The van der Waals surface area contributed by atoms with Crippen LogP contribution in [0.1, 0.15) is 44.8 Å². The molecule has 116 valence electrons. The van der Waals surface area contributed by atoms with E-state index in [-0.39, 0.29) is 5.92 Å². The molecule has 0 radical (unpaired) electrons. The van der Waals surface area contributed by atoms with Gasteiger partial charge >= 0.3 is 5.97 Å². The fraction of sp³-hybridized carbons (Fsp3) is 0.800. The Labute approximate surface area is 124 Å². The second-order valence-electron chi connectivity index (χ2n) is 6.92. The van der Waals surface area contributed by atoms with Crippen molar-refractivity contribution in [2.24, 2.45) is 17.3 Å². The minimum Gasteiger partial charge on any atom is -0.481 e. The Morgan fingerprint density at radius 3 is 3.05 bits per heavy atom. The van der Waals surface area contributed by atoms with Crippen molar-refractivity contribution in [2.45, 2.75) is 46.1 Å². The van der Waals surface area contributed by atoms with Crippen molar-refractivity contribution in [1.82, 2.24) is 15.0 Å². The number of carboxylic acids is 1. The molecule has 2 aliphatic rings. The van der Waals surface area contributed by atoms with Crippen LogP contribution < -0.4 is 0 Å². The summed E-state index contributed by atoms with van der Waals surface area (Å²) in [5.41, 5.74) is -0.541. The minimum absolute atomic E-state index is 0.271. The molecule has 0 spiro atoms. The van der Waals surface area contributed by atoms with E-state index in [2.05, 4.69) is 28.9 Å². The van der Waals surface area contributed by atoms with Crippen molar-refractivity contribution >= 4 is 5.97 Å². The van der Waals surface area contributed by atoms with Gasteiger partial charge in [-0.25, -0.2) is 0 Å². The largest absolute Gasteiger partial charge is 0.481 e. The van der Waals surface area contributed by atoms with Gasteiger partial charge in [0.05, 0.1) is 12.0 Å². The highest BCUT2D eigenvalue weighted by Gasteiger charge is 2.54. The Bertz CT molecular complexity index is 528. The number of likely N-dealkylation sites (tertiary alicyclic amines) is 1. The lowest BCUT2D eigenvalue weighted by molar-refractivity contribution is -0.149. The van der Waals surface area contributed by atoms with Gasteiger partial charge in [-0.15, -0.1) is 0 Å². The molecule has 3 rings (SSSR count). The maximum absolute atomic E-state index is 11.7. The van der Waals surface area contributed by atoms with Crippen LogP contribution >= 0.6 is 0 Å². The Kier molecular flexibility index (Phi) is 3.73. The highest BCUT2D eigenvalue weighted by molar-refractivity contribution is 5.76. The summed E-state index contributed by atoms with van der Waals surface area (Å²) >= 11 is 0. The normalized spacial score (nSPS) is 29.2. The predicted octanol–water partition coefficient (Wildman–Crippen LogP) is 1.95. The lowest BCUT2D eigenvalue weighted by Crippen LogP contribution is -2.35. The molecule has 1 N–H and O–H groups in total. The number of carboxylic acid groups (broad SMARTS) is 1. The second kappa shape index (κ2) is 5.40. The maximum Gasteiger partial charge on any atom is 0.311 e. The van der Waals surface area contributed by atoms with Gasteiger partial charge in [-0.1, -0.05) is 25.4 Å². The number of aliphatic carboxylic acids is 1. The molecule has 0 aromatic carbocycles. The molecule has 0 unspecified atom stereocenters. The highest BCUT2D eigenvalue weighted by Crippen LogP contribution is 2.49. The zero-order chi connectivity index (χ0) is 15.0. The summed E-state index contributed by atoms with van der Waals surface area (Å²) in [5, 5.41) is 13.6. The number of hydrogen-bond acceptors (Lipinski definition) is 5. The third kappa shape index (κ3) is 2.69. The topological polar surface area (TPSA) is 79.5 Å². The lowest BCUT2D eigenvalue weighted by Gasteiger charge is -2.23. The summed E-state index contributed by atoms with van der Waals surface area (Å²) < 4.78 is 5.29. The Balaban J connectivity index is 1.65. The summed E-state index contributed by atoms with van der Waals surface area (Å²) in [4.78, 5) is 18.2. The van der Waals surface area contributed by atoms with Crippen LogP contribution in [0, 0.1) is 17.3 Å². The summed E-state index contributed by atoms with van der Waals surface area (Å²) in [5.74, 6) is 1.47. The molecule has 21 heavy (non-hydrogen) atoms. The van der Waals surface area contributed by atoms with Gasteiger partial charge in [0.1, 0.15) is 0 Å². The van der Waals surface area contributed by atoms with Crippen molar-refractivity contribution in [3.05, 3.63) is 11.7 Å². The van der Waals surface area contributed by atoms with Crippen molar-refractivity contribution in [3.8, 4) is 0 Å². The zero-order valence-electron chi connectivity index (χ0n) is 12.7. The molecular formula is C15H23N3O3. The van der Waals surface area contributed by atoms with Crippen molar-refractivity contribution in [1.29, 1.82) is 0 Å². The van der Waals surface area contributed by atoms with Gasteiger partial charge in [0.15, 0.2) is 5.82 Å². The van der Waals surface area contributed by atoms with E-state index < -0.39 is 11.4 Å². The minimum atomic E-state index is -0.640. The number of carbonyl (C=O) groups is 1. The van der Waals surface area contributed by atoms with Gasteiger partial charge in [0.25, 0.3) is 0 Å². The lowest BCUT2D eigenvalue weighted by atomic mass is 9.81. The van der Waals surface area contributed by atoms with Crippen LogP contribution in [0.3, 0.4) is 0 Å². The predicted molar refractivity (Wildman–Crippen MR) is 75.5 cm³/mol. The molecule has 1 aliphatic heterocycles. The molecule has 1 aliphatic carbocycles. The summed E-state index contributed by atoms with van der Waals surface area (Å²) in [6, 6.07) is 0. The third-order valence-corrected chi connectivity index (χ3v) is 4.83. The van der Waals surface area contributed by atoms with Crippen LogP contribution in [0.2, 0.25) is 0 Å². The fourth-order valence-corrected chi connectivity index (χ4v) is 3.86. The smallest absolute Gasteiger partial charge is 0.311 e. The maximum atomic E-state index is 11.7. The molecule has 0 bridgehead atoms. The van der Waals surface area contributed by atoms with Gasteiger partial charge in [-0.05, 0) is 24.7 Å². The summed E-state index contributed by atoms with van der Waals surface area (Å²) in [6.07, 6.45) is 3.66. The molecule has 0 amide bonds. The molecule has 6 heteroatoms. The second-order valence-corrected chi connectivity index (χ2v) is 6.92. The molecule has 6 nitrogen and oxygen atoms in total. The Morgan fingerprint density at radius 1 is 1.57 bits per heavy atom. The van der Waals surface area contributed by atoms with Crippen molar-refractivity contribution in [2.75, 3.05) is 13.1 Å². The monoisotopic (exact) mass is 293 g/mol. The van der Waals surface area contributed by atoms with E-state index in [1.807, 2.05) is 0 Å². The summed E-state index contributed by atoms with van der Waals surface area (Å²) in [7, 11) is 0. The first-order valence-electron chi connectivity index (χ1n) is 7.77. The van der Waals surface area contributed by atoms with E-state index in [1.54, 1.807) is 0 Å². The number of nitrogens with zero attached hydrogens (tertiary/aromatic N) is 3. The first-order chi connectivity index (χ1) is 9.99. The molecular weight excluding hydrogens is 270 g/mol. The van der Waals surface area contributed by atoms with Gasteiger partial charge < -0.3 is 9.63 Å². The number of hydrogen-bond donors (Lipinski definition) is 1. The van der Waals surface area contributed by atoms with Crippen molar-refractivity contribution < 1.29 is 14.4 Å². The van der Waals surface area contributed by atoms with Gasteiger partial charge in [0, 0.05) is 19.5 Å². The molecule has 1 saturated heterocycles. The SMILES string of the molecule is CC(C)Cc1noc(CN2C[C@@H]3CCC[C@@]3(C(=O)O)C2)n1. The van der Waals surface area contributed by atoms with Crippen molar-refractivity contribution in [3.63, 3.8) is 0 Å². The standard InChI is InChI=1S/C15H23N3O3/c1-10(2)6-12-16-13(21-17-12)8-18-7-11-4-3-5-15(11,9-18)14(19)20/h10-11H,3-9H2,1-2H3,(H,19,20)/t11-,15+/m0/s1. The molecule has 1 aromatic heterocycles. The van der Waals surface area contributed by atoms with E-state index in [1.165, 1.54) is 0 Å². The first-order valence-corrected chi connectivity index (χ1v) is 7.77. The average Bonchev–Trinajstić information content (AvgIpc) is 3.03. The van der Waals surface area contributed by atoms with E-state index in [0.717, 1.165) is 38.1 Å². The van der Waals surface area contributed by atoms with E-state index in [9.17, 15) is 9.90 Å². The fourth-order valence-electron chi connectivity index (χ4n) is 3.86. The molecule has 2 atom stereocenters. The quantitative estimate of drug-likeness (QED) is 0.894. The van der Waals surface area contributed by atoms with Gasteiger partial charge in [-0.2, -0.15) is 4.98 Å². The van der Waals surface area contributed by atoms with Crippen LogP contribution in [0.25, 0.3) is 0 Å². The van der Waals surface area contributed by atoms with Crippen LogP contribution in [0.5, 0.6) is 0 Å². The molecule has 2 fully saturated rings. The van der Waals surface area contributed by atoms with E-state index in [0.29, 0.717) is 24.9 Å². The van der Waals surface area contributed by atoms with Crippen LogP contribution in [0.15, 0.2) is 4.52 Å². The number of aromatic nitrogens is 2. The average molecular weight is 293 g/mol. The van der Waals surface area contributed by atoms with Crippen LogP contribution in [-0.4, -0.2) is 39.2 Å². The van der Waals surface area contributed by atoms with Gasteiger partial charge in [0.2, 0.25) is 5.89 Å². The first kappa shape index (κ1) is 14.5. The van der Waals surface area contributed by atoms with E-state index >= 15 is 0 Å². The van der Waals surface area contributed by atoms with E-state index in [4.69, 9.17) is 4.52 Å². The molecule has 1 aromatic rings.